The van der Waals surface area contributed by atoms with Gasteiger partial charge in [-0.15, -0.1) is 0 Å². The molecular formula is C16H13ClO5. The molecule has 0 amide bonds. The molecule has 1 N–H and O–H groups in total. The van der Waals surface area contributed by atoms with E-state index in [0.717, 1.165) is 0 Å². The molecule has 5 nitrogen and oxygen atoms in total. The second-order valence-electron chi connectivity index (χ2n) is 5.48. The van der Waals surface area contributed by atoms with Gasteiger partial charge in [-0.05, 0) is 36.8 Å². The maximum Gasteiger partial charge on any atom is 0.340 e. The summed E-state index contributed by atoms with van der Waals surface area (Å²) in [5.74, 6) is -2.78. The Morgan fingerprint density at radius 3 is 2.55 bits per heavy atom. The van der Waals surface area contributed by atoms with Crippen molar-refractivity contribution in [1.82, 2.24) is 0 Å². The van der Waals surface area contributed by atoms with Crippen LogP contribution in [-0.2, 0) is 14.3 Å². The largest absolute Gasteiger partial charge is 0.479 e. The molecule has 2 heterocycles. The number of carbonyl (C=O) groups excluding carboxylic acids is 2. The van der Waals surface area contributed by atoms with E-state index in [0.29, 0.717) is 17.0 Å². The fraction of sp³-hybridized carbons (Fsp3) is 0.312. The topological polar surface area (TPSA) is 80.7 Å². The van der Waals surface area contributed by atoms with E-state index in [9.17, 15) is 19.5 Å². The van der Waals surface area contributed by atoms with Gasteiger partial charge in [0.25, 0.3) is 0 Å². The summed E-state index contributed by atoms with van der Waals surface area (Å²) >= 11 is 5.75. The van der Waals surface area contributed by atoms with E-state index in [-0.39, 0.29) is 18.3 Å². The number of hydrogen-bond donors (Lipinski definition) is 1. The van der Waals surface area contributed by atoms with Crippen LogP contribution in [0.1, 0.15) is 23.2 Å². The Bertz CT molecular complexity index is 678. The third-order valence-corrected chi connectivity index (χ3v) is 4.37. The predicted molar refractivity (Wildman–Crippen MR) is 77.9 cm³/mol. The molecule has 1 fully saturated rings. The molecule has 0 saturated carbocycles. The Morgan fingerprint density at radius 2 is 1.95 bits per heavy atom. The van der Waals surface area contributed by atoms with Crippen molar-refractivity contribution in [3.05, 3.63) is 47.0 Å². The number of carboxylic acid groups (broad SMARTS) is 1. The van der Waals surface area contributed by atoms with Crippen LogP contribution in [0.4, 0.5) is 0 Å². The first-order valence-corrected chi connectivity index (χ1v) is 7.22. The number of benzene rings is 1. The zero-order valence-corrected chi connectivity index (χ0v) is 12.2. The van der Waals surface area contributed by atoms with Crippen LogP contribution in [0.3, 0.4) is 0 Å². The minimum Gasteiger partial charge on any atom is -0.479 e. The van der Waals surface area contributed by atoms with Gasteiger partial charge in [-0.25, -0.2) is 4.79 Å². The molecular weight excluding hydrogens is 308 g/mol. The highest BCUT2D eigenvalue weighted by molar-refractivity contribution is 6.30. The lowest BCUT2D eigenvalue weighted by Crippen LogP contribution is -2.45. The number of ether oxygens (including phenoxy) is 1. The number of halogens is 1. The van der Waals surface area contributed by atoms with E-state index < -0.39 is 23.3 Å². The molecule has 3 atom stereocenters. The summed E-state index contributed by atoms with van der Waals surface area (Å²) in [7, 11) is 0. The van der Waals surface area contributed by atoms with Gasteiger partial charge in [-0.2, -0.15) is 0 Å². The molecule has 0 aromatic heterocycles. The van der Waals surface area contributed by atoms with Crippen molar-refractivity contribution >= 4 is 29.1 Å². The third-order valence-electron chi connectivity index (χ3n) is 4.11. The van der Waals surface area contributed by atoms with Crippen molar-refractivity contribution in [3.63, 3.8) is 0 Å². The molecule has 1 aromatic carbocycles. The van der Waals surface area contributed by atoms with Crippen LogP contribution in [0.25, 0.3) is 0 Å². The van der Waals surface area contributed by atoms with Crippen molar-refractivity contribution in [3.8, 4) is 0 Å². The first-order valence-electron chi connectivity index (χ1n) is 6.84. The Morgan fingerprint density at radius 1 is 1.27 bits per heavy atom. The third kappa shape index (κ3) is 2.36. The van der Waals surface area contributed by atoms with Crippen LogP contribution in [-0.4, -0.2) is 34.3 Å². The van der Waals surface area contributed by atoms with Gasteiger partial charge in [-0.3, -0.25) is 9.59 Å². The second kappa shape index (κ2) is 5.34. The first-order chi connectivity index (χ1) is 10.4. The summed E-state index contributed by atoms with van der Waals surface area (Å²) in [6.07, 6.45) is 2.66. The van der Waals surface area contributed by atoms with Gasteiger partial charge in [0.15, 0.2) is 11.4 Å². The van der Waals surface area contributed by atoms with E-state index in [1.165, 1.54) is 6.08 Å². The van der Waals surface area contributed by atoms with Gasteiger partial charge in [0, 0.05) is 10.6 Å². The van der Waals surface area contributed by atoms with Gasteiger partial charge in [-0.1, -0.05) is 17.7 Å². The minimum absolute atomic E-state index is 0.301. The van der Waals surface area contributed by atoms with Gasteiger partial charge in [0.1, 0.15) is 5.78 Å². The molecule has 3 rings (SSSR count). The molecule has 0 spiro atoms. The zero-order valence-electron chi connectivity index (χ0n) is 11.5. The zero-order chi connectivity index (χ0) is 15.9. The maximum atomic E-state index is 12.4. The molecule has 2 aliphatic heterocycles. The molecule has 6 heteroatoms. The van der Waals surface area contributed by atoms with Crippen molar-refractivity contribution in [1.29, 1.82) is 0 Å². The Kier molecular flexibility index (Phi) is 3.62. The van der Waals surface area contributed by atoms with Crippen LogP contribution in [0.15, 0.2) is 36.4 Å². The standard InChI is InChI=1S/C16H13ClO5/c17-10-3-1-9(2-4-10)13(18)8-14(19)12-7-11-5-6-16(12,22-11)15(20)21/h1-6,11-12H,7-8H2,(H,20,21)/t11?,12-,16+/m1/s1. The summed E-state index contributed by atoms with van der Waals surface area (Å²) in [6, 6.07) is 6.23. The highest BCUT2D eigenvalue weighted by Crippen LogP contribution is 2.44. The summed E-state index contributed by atoms with van der Waals surface area (Å²) in [4.78, 5) is 36.0. The number of ketones is 2. The number of fused-ring (bicyclic) bond motifs is 2. The maximum absolute atomic E-state index is 12.4. The van der Waals surface area contributed by atoms with Crippen molar-refractivity contribution < 1.29 is 24.2 Å². The number of rotatable bonds is 5. The quantitative estimate of drug-likeness (QED) is 0.511. The van der Waals surface area contributed by atoms with Crippen molar-refractivity contribution in [2.45, 2.75) is 24.5 Å². The number of carbonyl (C=O) groups is 3. The SMILES string of the molecule is O=C(CC(=O)[C@H]1CC2C=C[C@]1(C(=O)O)O2)c1ccc(Cl)cc1. The average molecular weight is 321 g/mol. The van der Waals surface area contributed by atoms with Gasteiger partial charge in [0.05, 0.1) is 18.4 Å². The van der Waals surface area contributed by atoms with E-state index in [1.807, 2.05) is 0 Å². The van der Waals surface area contributed by atoms with Crippen LogP contribution < -0.4 is 0 Å². The number of hydrogen-bond acceptors (Lipinski definition) is 4. The van der Waals surface area contributed by atoms with E-state index in [4.69, 9.17) is 16.3 Å². The lowest BCUT2D eigenvalue weighted by Gasteiger charge is -2.24. The first kappa shape index (κ1) is 14.9. The summed E-state index contributed by atoms with van der Waals surface area (Å²) in [5, 5.41) is 9.86. The molecule has 1 unspecified atom stereocenters. The predicted octanol–water partition coefficient (Wildman–Crippen LogP) is 2.28. The Balaban J connectivity index is 1.75. The average Bonchev–Trinajstić information content (AvgIpc) is 3.07. The van der Waals surface area contributed by atoms with Gasteiger partial charge in [0.2, 0.25) is 0 Å². The van der Waals surface area contributed by atoms with Crippen molar-refractivity contribution in [2.24, 2.45) is 5.92 Å². The molecule has 0 aliphatic carbocycles. The molecule has 0 radical (unpaired) electrons. The molecule has 114 valence electrons. The number of Topliss-reactive ketones (excluding diaryl/α,β-unsaturated/α-hetero) is 2. The Hall–Kier alpha value is -1.98. The normalized spacial score (nSPS) is 28.8. The lowest BCUT2D eigenvalue weighted by molar-refractivity contribution is -0.160. The van der Waals surface area contributed by atoms with Crippen LogP contribution in [0.5, 0.6) is 0 Å². The fourth-order valence-corrected chi connectivity index (χ4v) is 3.10. The highest BCUT2D eigenvalue weighted by Gasteiger charge is 2.58. The van der Waals surface area contributed by atoms with Crippen molar-refractivity contribution in [2.75, 3.05) is 0 Å². The molecule has 2 aliphatic rings. The second-order valence-corrected chi connectivity index (χ2v) is 5.91. The monoisotopic (exact) mass is 320 g/mol. The molecule has 22 heavy (non-hydrogen) atoms. The van der Waals surface area contributed by atoms with Crippen LogP contribution in [0, 0.1) is 5.92 Å². The lowest BCUT2D eigenvalue weighted by atomic mass is 9.78. The summed E-state index contributed by atoms with van der Waals surface area (Å²) in [6.45, 7) is 0. The van der Waals surface area contributed by atoms with E-state index in [2.05, 4.69) is 0 Å². The highest BCUT2D eigenvalue weighted by atomic mass is 35.5. The molecule has 1 saturated heterocycles. The summed E-state index contributed by atoms with van der Waals surface area (Å²) < 4.78 is 5.40. The minimum atomic E-state index is -1.61. The van der Waals surface area contributed by atoms with Crippen LogP contribution >= 0.6 is 11.6 Å². The van der Waals surface area contributed by atoms with Gasteiger partial charge >= 0.3 is 5.97 Å². The van der Waals surface area contributed by atoms with Gasteiger partial charge < -0.3 is 9.84 Å². The smallest absolute Gasteiger partial charge is 0.340 e. The van der Waals surface area contributed by atoms with Crippen LogP contribution in [0.2, 0.25) is 5.02 Å². The fourth-order valence-electron chi connectivity index (χ4n) is 2.97. The molecule has 1 aromatic rings. The number of carboxylic acids is 1. The summed E-state index contributed by atoms with van der Waals surface area (Å²) in [5.41, 5.74) is -1.23. The Labute approximate surface area is 131 Å². The number of aliphatic carboxylic acids is 1. The van der Waals surface area contributed by atoms with E-state index >= 15 is 0 Å². The molecule has 2 bridgehead atoms. The van der Waals surface area contributed by atoms with E-state index in [1.54, 1.807) is 30.3 Å².